The van der Waals surface area contributed by atoms with Gasteiger partial charge in [0.25, 0.3) is 0 Å². The maximum atomic E-state index is 14.3. The second-order valence-corrected chi connectivity index (χ2v) is 11.6. The Labute approximate surface area is 220 Å². The van der Waals surface area contributed by atoms with Crippen LogP contribution >= 0.6 is 0 Å². The molecule has 200 valence electrons. The topological polar surface area (TPSA) is 91.8 Å². The number of anilines is 2. The van der Waals surface area contributed by atoms with Gasteiger partial charge in [0.05, 0.1) is 43.5 Å². The fourth-order valence-electron chi connectivity index (χ4n) is 4.56. The third kappa shape index (κ3) is 6.17. The van der Waals surface area contributed by atoms with Crippen molar-refractivity contribution in [1.82, 2.24) is 9.88 Å². The number of benzene rings is 2. The third-order valence-electron chi connectivity index (χ3n) is 6.70. The van der Waals surface area contributed by atoms with E-state index in [1.54, 1.807) is 24.4 Å². The van der Waals surface area contributed by atoms with Crippen molar-refractivity contribution in [3.05, 3.63) is 77.5 Å². The van der Waals surface area contributed by atoms with Crippen molar-refractivity contribution in [3.63, 3.8) is 0 Å². The fraction of sp³-hybridized carbons (Fsp3) is 0.333. The molecule has 2 aliphatic rings. The van der Waals surface area contributed by atoms with Gasteiger partial charge < -0.3 is 15.0 Å². The monoisotopic (exact) mass is 542 g/mol. The van der Waals surface area contributed by atoms with Crippen LogP contribution < -0.4 is 10.2 Å². The Bertz CT molecular complexity index is 1430. The Hall–Kier alpha value is -3.41. The van der Waals surface area contributed by atoms with Crippen LogP contribution in [0.5, 0.6) is 0 Å². The normalized spacial score (nSPS) is 16.3. The van der Waals surface area contributed by atoms with Crippen LogP contribution in [-0.2, 0) is 31.7 Å². The van der Waals surface area contributed by atoms with Gasteiger partial charge >= 0.3 is 0 Å². The summed E-state index contributed by atoms with van der Waals surface area (Å²) in [4.78, 5) is 20.6. The van der Waals surface area contributed by atoms with E-state index in [2.05, 4.69) is 15.2 Å². The summed E-state index contributed by atoms with van der Waals surface area (Å²) in [5.41, 5.74) is 2.69. The summed E-state index contributed by atoms with van der Waals surface area (Å²) in [6.07, 6.45) is 1.65. The first kappa shape index (κ1) is 26.2. The van der Waals surface area contributed by atoms with Crippen molar-refractivity contribution in [2.45, 2.75) is 12.3 Å². The van der Waals surface area contributed by atoms with E-state index in [4.69, 9.17) is 4.74 Å². The molecule has 8 nitrogen and oxygen atoms in total. The second-order valence-electron chi connectivity index (χ2n) is 9.40. The van der Waals surface area contributed by atoms with Crippen LogP contribution in [0.1, 0.15) is 11.1 Å². The molecule has 1 saturated heterocycles. The molecular formula is C27H28F2N4O4S. The van der Waals surface area contributed by atoms with E-state index in [-0.39, 0.29) is 36.1 Å². The number of halogens is 2. The van der Waals surface area contributed by atoms with E-state index in [1.807, 2.05) is 12.1 Å². The summed E-state index contributed by atoms with van der Waals surface area (Å²) >= 11 is 0. The minimum Gasteiger partial charge on any atom is -0.379 e. The lowest BCUT2D eigenvalue weighted by molar-refractivity contribution is -0.117. The Morgan fingerprint density at radius 1 is 1.00 bits per heavy atom. The first-order valence-corrected chi connectivity index (χ1v) is 14.2. The molecule has 2 aromatic carbocycles. The molecule has 2 aliphatic heterocycles. The highest BCUT2D eigenvalue weighted by atomic mass is 32.2. The summed E-state index contributed by atoms with van der Waals surface area (Å²) in [5, 5.41) is 2.96. The molecule has 11 heteroatoms. The van der Waals surface area contributed by atoms with E-state index in [0.717, 1.165) is 36.9 Å². The second kappa shape index (κ2) is 11.1. The number of fused-ring (bicyclic) bond motifs is 1. The van der Waals surface area contributed by atoms with Crippen molar-refractivity contribution in [2.24, 2.45) is 0 Å². The highest BCUT2D eigenvalue weighted by Gasteiger charge is 2.26. The van der Waals surface area contributed by atoms with Crippen LogP contribution in [0.25, 0.3) is 11.1 Å². The van der Waals surface area contributed by atoms with Gasteiger partial charge in [0.1, 0.15) is 11.6 Å². The smallest absolute Gasteiger partial charge is 0.246 e. The van der Waals surface area contributed by atoms with E-state index in [9.17, 15) is 22.0 Å². The van der Waals surface area contributed by atoms with Gasteiger partial charge in [-0.25, -0.2) is 22.2 Å². The van der Waals surface area contributed by atoms with E-state index in [1.165, 1.54) is 4.90 Å². The molecule has 1 N–H and O–H groups in total. The number of morpholine rings is 1. The standard InChI is InChI=1S/C27H28F2N4O4S/c28-23-5-6-24(29)22(13-23)17-33-25-14-21(15-30-27(25)31-16-26(33)34)20-3-1-19(2-4-20)18-38(35,36)12-9-32-7-10-37-11-8-32/h1-6,13-15H,7-12,16-18H2,(H,30,31). The van der Waals surface area contributed by atoms with Crippen molar-refractivity contribution < 1.29 is 26.7 Å². The van der Waals surface area contributed by atoms with Crippen molar-refractivity contribution in [3.8, 4) is 11.1 Å². The number of pyridine rings is 1. The molecule has 0 saturated carbocycles. The molecule has 0 atom stereocenters. The van der Waals surface area contributed by atoms with Crippen LogP contribution in [0.3, 0.4) is 0 Å². The maximum absolute atomic E-state index is 14.3. The minimum absolute atomic E-state index is 0.00894. The zero-order chi connectivity index (χ0) is 26.7. The first-order valence-electron chi connectivity index (χ1n) is 12.4. The highest BCUT2D eigenvalue weighted by molar-refractivity contribution is 7.90. The van der Waals surface area contributed by atoms with Crippen LogP contribution in [0.4, 0.5) is 20.3 Å². The van der Waals surface area contributed by atoms with Crippen LogP contribution in [0.2, 0.25) is 0 Å². The van der Waals surface area contributed by atoms with Crippen LogP contribution in [0.15, 0.2) is 54.7 Å². The zero-order valence-electron chi connectivity index (χ0n) is 20.7. The first-order chi connectivity index (χ1) is 18.3. The van der Waals surface area contributed by atoms with Crippen LogP contribution in [0, 0.1) is 11.6 Å². The van der Waals surface area contributed by atoms with Crippen LogP contribution in [-0.4, -0.2) is 69.4 Å². The summed E-state index contributed by atoms with van der Waals surface area (Å²) in [7, 11) is -3.28. The molecule has 0 unspecified atom stereocenters. The average Bonchev–Trinajstić information content (AvgIpc) is 2.92. The van der Waals surface area contributed by atoms with Gasteiger partial charge in [-0.2, -0.15) is 0 Å². The Morgan fingerprint density at radius 3 is 2.53 bits per heavy atom. The molecule has 0 aliphatic carbocycles. The number of nitrogens with zero attached hydrogens (tertiary/aromatic N) is 3. The number of hydrogen-bond acceptors (Lipinski definition) is 7. The van der Waals surface area contributed by atoms with Crippen molar-refractivity contribution >= 4 is 27.2 Å². The Balaban J connectivity index is 1.31. The third-order valence-corrected chi connectivity index (χ3v) is 8.28. The predicted molar refractivity (Wildman–Crippen MR) is 140 cm³/mol. The van der Waals surface area contributed by atoms with Gasteiger partial charge in [-0.3, -0.25) is 9.69 Å². The molecule has 1 amide bonds. The van der Waals surface area contributed by atoms with E-state index in [0.29, 0.717) is 42.4 Å². The van der Waals surface area contributed by atoms with Crippen molar-refractivity contribution in [1.29, 1.82) is 0 Å². The number of sulfone groups is 1. The molecule has 3 heterocycles. The SMILES string of the molecule is O=C1CNc2ncc(-c3ccc(CS(=O)(=O)CCN4CCOCC4)cc3)cc2N1Cc1cc(F)ccc1F. The molecule has 38 heavy (non-hydrogen) atoms. The molecule has 1 fully saturated rings. The average molecular weight is 543 g/mol. The van der Waals surface area contributed by atoms with Gasteiger partial charge in [0.2, 0.25) is 5.91 Å². The number of aromatic nitrogens is 1. The Kier molecular flexibility index (Phi) is 7.68. The molecular weight excluding hydrogens is 514 g/mol. The number of hydrogen-bond donors (Lipinski definition) is 1. The number of rotatable bonds is 8. The molecule has 0 radical (unpaired) electrons. The lowest BCUT2D eigenvalue weighted by Gasteiger charge is -2.30. The predicted octanol–water partition coefficient (Wildman–Crippen LogP) is 3.23. The maximum Gasteiger partial charge on any atom is 0.246 e. The minimum atomic E-state index is -3.28. The summed E-state index contributed by atoms with van der Waals surface area (Å²) in [6, 6.07) is 12.1. The number of ether oxygens (including phenoxy) is 1. The highest BCUT2D eigenvalue weighted by Crippen LogP contribution is 2.33. The summed E-state index contributed by atoms with van der Waals surface area (Å²) < 4.78 is 58.6. The number of carbonyl (C=O) groups excluding carboxylic acids is 1. The largest absolute Gasteiger partial charge is 0.379 e. The number of amides is 1. The van der Waals surface area contributed by atoms with Gasteiger partial charge in [0.15, 0.2) is 15.7 Å². The molecule has 3 aromatic rings. The molecule has 0 spiro atoms. The van der Waals surface area contributed by atoms with Gasteiger partial charge in [0, 0.05) is 37.0 Å². The number of nitrogens with one attached hydrogen (secondary N) is 1. The quantitative estimate of drug-likeness (QED) is 0.467. The van der Waals surface area contributed by atoms with Gasteiger partial charge in [-0.15, -0.1) is 0 Å². The van der Waals surface area contributed by atoms with Gasteiger partial charge in [-0.05, 0) is 35.4 Å². The van der Waals surface area contributed by atoms with E-state index >= 15 is 0 Å². The summed E-state index contributed by atoms with van der Waals surface area (Å²) in [5.74, 6) is -0.971. The number of carbonyl (C=O) groups is 1. The lowest BCUT2D eigenvalue weighted by Crippen LogP contribution is -2.40. The summed E-state index contributed by atoms with van der Waals surface area (Å²) in [6.45, 7) is 3.09. The van der Waals surface area contributed by atoms with Crippen molar-refractivity contribution in [2.75, 3.05) is 55.4 Å². The lowest BCUT2D eigenvalue weighted by atomic mass is 10.0. The molecule has 0 bridgehead atoms. The van der Waals surface area contributed by atoms with E-state index < -0.39 is 21.5 Å². The zero-order valence-corrected chi connectivity index (χ0v) is 21.5. The fourth-order valence-corrected chi connectivity index (χ4v) is 5.94. The molecule has 5 rings (SSSR count). The Morgan fingerprint density at radius 2 is 1.76 bits per heavy atom. The van der Waals surface area contributed by atoms with Gasteiger partial charge in [-0.1, -0.05) is 24.3 Å². The molecule has 1 aromatic heterocycles.